The third-order valence-corrected chi connectivity index (χ3v) is 7.12. The molecular formula is C30H28FNO3. The number of carbonyl (C=O) groups is 1. The van der Waals surface area contributed by atoms with Crippen molar-refractivity contribution in [3.63, 3.8) is 0 Å². The molecule has 3 aromatic rings. The van der Waals surface area contributed by atoms with Crippen molar-refractivity contribution in [2.24, 2.45) is 5.92 Å². The number of rotatable bonds is 4. The van der Waals surface area contributed by atoms with Gasteiger partial charge in [-0.2, -0.15) is 0 Å². The molecule has 2 aliphatic heterocycles. The molecule has 0 bridgehead atoms. The number of pyridine rings is 1. The van der Waals surface area contributed by atoms with Crippen LogP contribution in [0.1, 0.15) is 55.3 Å². The summed E-state index contributed by atoms with van der Waals surface area (Å²) in [6.07, 6.45) is 8.04. The zero-order chi connectivity index (χ0) is 23.9. The van der Waals surface area contributed by atoms with E-state index in [2.05, 4.69) is 19.1 Å². The first-order valence-corrected chi connectivity index (χ1v) is 12.5. The molecule has 2 atom stereocenters. The SMILES string of the molecule is C[C@H]1CC(=O)O[C@H](/C=C/c2c(C3CC3)nc3c(c2-c2ccc(F)cc2)CCOc2ccccc2-3)C1. The second-order valence-corrected chi connectivity index (χ2v) is 9.92. The Labute approximate surface area is 204 Å². The molecule has 1 saturated heterocycles. The first-order chi connectivity index (χ1) is 17.1. The zero-order valence-corrected chi connectivity index (χ0v) is 19.8. The summed E-state index contributed by atoms with van der Waals surface area (Å²) in [5, 5.41) is 0. The molecule has 0 unspecified atom stereocenters. The van der Waals surface area contributed by atoms with Crippen LogP contribution in [0, 0.1) is 11.7 Å². The highest BCUT2D eigenvalue weighted by atomic mass is 19.1. The first kappa shape index (κ1) is 22.0. The maximum atomic E-state index is 13.9. The molecule has 3 heterocycles. The molecule has 35 heavy (non-hydrogen) atoms. The van der Waals surface area contributed by atoms with Crippen molar-refractivity contribution in [3.8, 4) is 28.1 Å². The molecule has 1 aliphatic carbocycles. The summed E-state index contributed by atoms with van der Waals surface area (Å²) in [7, 11) is 0. The minimum Gasteiger partial charge on any atom is -0.493 e. The van der Waals surface area contributed by atoms with Crippen LogP contribution in [0.15, 0.2) is 54.6 Å². The molecule has 5 heteroatoms. The maximum Gasteiger partial charge on any atom is 0.306 e. The molecule has 0 amide bonds. The Kier molecular flexibility index (Phi) is 5.63. The fraction of sp³-hybridized carbons (Fsp3) is 0.333. The number of halogens is 1. The molecule has 0 N–H and O–H groups in total. The summed E-state index contributed by atoms with van der Waals surface area (Å²) < 4.78 is 25.6. The largest absolute Gasteiger partial charge is 0.493 e. The van der Waals surface area contributed by atoms with E-state index in [-0.39, 0.29) is 17.9 Å². The number of cyclic esters (lactones) is 1. The molecule has 0 spiro atoms. The van der Waals surface area contributed by atoms with Crippen LogP contribution in [-0.4, -0.2) is 23.7 Å². The predicted molar refractivity (Wildman–Crippen MR) is 134 cm³/mol. The number of hydrogen-bond acceptors (Lipinski definition) is 4. The fourth-order valence-electron chi connectivity index (χ4n) is 5.31. The normalized spacial score (nSPS) is 21.6. The van der Waals surface area contributed by atoms with Crippen LogP contribution in [0.3, 0.4) is 0 Å². The quantitative estimate of drug-likeness (QED) is 0.398. The van der Waals surface area contributed by atoms with Gasteiger partial charge in [-0.05, 0) is 72.2 Å². The highest BCUT2D eigenvalue weighted by Gasteiger charge is 2.33. The second-order valence-electron chi connectivity index (χ2n) is 9.92. The van der Waals surface area contributed by atoms with E-state index in [4.69, 9.17) is 14.5 Å². The van der Waals surface area contributed by atoms with Crippen molar-refractivity contribution in [3.05, 3.63) is 77.2 Å². The van der Waals surface area contributed by atoms with E-state index in [0.29, 0.717) is 31.3 Å². The molecule has 2 fully saturated rings. The molecule has 0 radical (unpaired) electrons. The van der Waals surface area contributed by atoms with Gasteiger partial charge >= 0.3 is 5.97 Å². The number of fused-ring (bicyclic) bond motifs is 3. The molecule has 2 aromatic carbocycles. The lowest BCUT2D eigenvalue weighted by atomic mass is 9.87. The van der Waals surface area contributed by atoms with Crippen LogP contribution >= 0.6 is 0 Å². The minimum absolute atomic E-state index is 0.145. The van der Waals surface area contributed by atoms with Gasteiger partial charge < -0.3 is 9.47 Å². The summed E-state index contributed by atoms with van der Waals surface area (Å²) in [5.41, 5.74) is 7.20. The molecule has 4 nitrogen and oxygen atoms in total. The van der Waals surface area contributed by atoms with E-state index in [1.807, 2.05) is 36.4 Å². The summed E-state index contributed by atoms with van der Waals surface area (Å²) in [5.74, 6) is 1.13. The molecule has 1 aromatic heterocycles. The number of para-hydroxylation sites is 1. The lowest BCUT2D eigenvalue weighted by Crippen LogP contribution is -2.26. The van der Waals surface area contributed by atoms with Gasteiger partial charge in [0.05, 0.1) is 18.0 Å². The number of aromatic nitrogens is 1. The van der Waals surface area contributed by atoms with E-state index >= 15 is 0 Å². The van der Waals surface area contributed by atoms with Crippen molar-refractivity contribution in [1.29, 1.82) is 0 Å². The van der Waals surface area contributed by atoms with E-state index in [1.54, 1.807) is 0 Å². The van der Waals surface area contributed by atoms with Crippen molar-refractivity contribution in [2.45, 2.75) is 51.0 Å². The summed E-state index contributed by atoms with van der Waals surface area (Å²) >= 11 is 0. The van der Waals surface area contributed by atoms with Crippen LogP contribution in [0.25, 0.3) is 28.5 Å². The molecule has 178 valence electrons. The van der Waals surface area contributed by atoms with Crippen LogP contribution in [0.5, 0.6) is 5.75 Å². The topological polar surface area (TPSA) is 48.4 Å². The smallest absolute Gasteiger partial charge is 0.306 e. The van der Waals surface area contributed by atoms with Gasteiger partial charge in [-0.3, -0.25) is 9.78 Å². The highest BCUT2D eigenvalue weighted by molar-refractivity contribution is 5.86. The van der Waals surface area contributed by atoms with Crippen LogP contribution in [0.2, 0.25) is 0 Å². The van der Waals surface area contributed by atoms with E-state index < -0.39 is 0 Å². The van der Waals surface area contributed by atoms with Gasteiger partial charge in [0.1, 0.15) is 17.7 Å². The van der Waals surface area contributed by atoms with Gasteiger partial charge in [0.25, 0.3) is 0 Å². The van der Waals surface area contributed by atoms with Crippen molar-refractivity contribution in [1.82, 2.24) is 4.98 Å². The summed E-state index contributed by atoms with van der Waals surface area (Å²) in [4.78, 5) is 17.3. The van der Waals surface area contributed by atoms with Crippen molar-refractivity contribution in [2.75, 3.05) is 6.61 Å². The lowest BCUT2D eigenvalue weighted by Gasteiger charge is -2.25. The Morgan fingerprint density at radius 1 is 1.09 bits per heavy atom. The van der Waals surface area contributed by atoms with Gasteiger partial charge in [-0.1, -0.05) is 37.3 Å². The third-order valence-electron chi connectivity index (χ3n) is 7.12. The minimum atomic E-state index is -0.259. The molecular weight excluding hydrogens is 441 g/mol. The number of ether oxygens (including phenoxy) is 2. The molecule has 3 aliphatic rings. The second kappa shape index (κ2) is 8.95. The number of carbonyl (C=O) groups excluding carboxylic acids is 1. The Hall–Kier alpha value is -3.47. The Balaban J connectivity index is 1.56. The van der Waals surface area contributed by atoms with Crippen LogP contribution < -0.4 is 4.74 Å². The monoisotopic (exact) mass is 469 g/mol. The average Bonchev–Trinajstić information content (AvgIpc) is 3.69. The van der Waals surface area contributed by atoms with Gasteiger partial charge in [0.2, 0.25) is 0 Å². The Morgan fingerprint density at radius 3 is 2.66 bits per heavy atom. The summed E-state index contributed by atoms with van der Waals surface area (Å²) in [6.45, 7) is 2.63. The van der Waals surface area contributed by atoms with Crippen molar-refractivity contribution >= 4 is 12.0 Å². The standard InChI is InChI=1S/C30H28FNO3/c1-18-16-22(35-27(33)17-18)12-13-24-28(19-8-10-21(31)11-9-19)25-14-15-34-26-5-3-2-4-23(26)30(25)32-29(24)20-6-7-20/h2-5,8-13,18,20,22H,6-7,14-17H2,1H3/b13-12+/t18-,22-/m1/s1. The van der Waals surface area contributed by atoms with Crippen molar-refractivity contribution < 1.29 is 18.7 Å². The van der Waals surface area contributed by atoms with Gasteiger partial charge in [0, 0.05) is 29.9 Å². The average molecular weight is 470 g/mol. The number of nitrogens with zero attached hydrogens (tertiary/aromatic N) is 1. The van der Waals surface area contributed by atoms with Crippen LogP contribution in [0.4, 0.5) is 4.39 Å². The highest BCUT2D eigenvalue weighted by Crippen LogP contribution is 2.48. The van der Waals surface area contributed by atoms with E-state index in [1.165, 1.54) is 12.1 Å². The van der Waals surface area contributed by atoms with E-state index in [9.17, 15) is 9.18 Å². The number of benzene rings is 2. The number of hydrogen-bond donors (Lipinski definition) is 0. The van der Waals surface area contributed by atoms with Gasteiger partial charge in [-0.15, -0.1) is 0 Å². The van der Waals surface area contributed by atoms with Gasteiger partial charge in [0.15, 0.2) is 0 Å². The number of esters is 1. The maximum absolute atomic E-state index is 13.9. The third kappa shape index (κ3) is 4.36. The van der Waals surface area contributed by atoms with Crippen LogP contribution in [-0.2, 0) is 16.0 Å². The molecule has 1 saturated carbocycles. The first-order valence-electron chi connectivity index (χ1n) is 12.5. The zero-order valence-electron chi connectivity index (χ0n) is 19.8. The predicted octanol–water partition coefficient (Wildman–Crippen LogP) is 6.72. The summed E-state index contributed by atoms with van der Waals surface area (Å²) in [6, 6.07) is 14.8. The fourth-order valence-corrected chi connectivity index (χ4v) is 5.31. The molecule has 6 rings (SSSR count). The Bertz CT molecular complexity index is 1310. The lowest BCUT2D eigenvalue weighted by molar-refractivity contribution is -0.153. The van der Waals surface area contributed by atoms with Gasteiger partial charge in [-0.25, -0.2) is 4.39 Å². The van der Waals surface area contributed by atoms with E-state index in [0.717, 1.165) is 64.2 Å². The Morgan fingerprint density at radius 2 is 1.89 bits per heavy atom.